The summed E-state index contributed by atoms with van der Waals surface area (Å²) in [5.41, 5.74) is 0.505. The predicted octanol–water partition coefficient (Wildman–Crippen LogP) is 2.01. The molecule has 76 valence electrons. The van der Waals surface area contributed by atoms with Crippen LogP contribution in [-0.4, -0.2) is 16.3 Å². The Labute approximate surface area is 82.3 Å². The summed E-state index contributed by atoms with van der Waals surface area (Å²) in [4.78, 5) is 0. The van der Waals surface area contributed by atoms with Gasteiger partial charge in [0.15, 0.2) is 11.6 Å². The van der Waals surface area contributed by atoms with E-state index in [1.807, 2.05) is 0 Å². The highest BCUT2D eigenvalue weighted by Gasteiger charge is 2.07. The lowest BCUT2D eigenvalue weighted by Gasteiger charge is -2.07. The van der Waals surface area contributed by atoms with Crippen LogP contribution in [0, 0.1) is 5.82 Å². The molecular weight excluding hydrogens is 183 g/mol. The molecule has 1 atom stereocenters. The van der Waals surface area contributed by atoms with Gasteiger partial charge in [-0.25, -0.2) is 4.39 Å². The van der Waals surface area contributed by atoms with Gasteiger partial charge >= 0.3 is 0 Å². The Bertz CT molecular complexity index is 323. The van der Waals surface area contributed by atoms with Crippen LogP contribution in [0.15, 0.2) is 30.9 Å². The maximum absolute atomic E-state index is 12.9. The molecule has 0 bridgehead atoms. The van der Waals surface area contributed by atoms with Gasteiger partial charge in [0.2, 0.25) is 0 Å². The third kappa shape index (κ3) is 2.57. The molecular formula is C11H13FO2. The predicted molar refractivity (Wildman–Crippen MR) is 52.6 cm³/mol. The number of aromatic hydroxyl groups is 1. The van der Waals surface area contributed by atoms with Gasteiger partial charge in [-0.05, 0) is 24.5 Å². The third-order valence-electron chi connectivity index (χ3n) is 2.05. The van der Waals surface area contributed by atoms with Crippen LogP contribution in [0.4, 0.5) is 4.39 Å². The molecule has 0 amide bonds. The van der Waals surface area contributed by atoms with E-state index in [0.29, 0.717) is 18.4 Å². The molecule has 2 N–H and O–H groups in total. The van der Waals surface area contributed by atoms with Crippen molar-refractivity contribution in [2.75, 3.05) is 0 Å². The SMILES string of the molecule is C=CC(O)CCc1cccc(F)c1O. The zero-order valence-corrected chi connectivity index (χ0v) is 7.78. The molecule has 1 unspecified atom stereocenters. The van der Waals surface area contributed by atoms with Crippen molar-refractivity contribution in [3.8, 4) is 5.75 Å². The van der Waals surface area contributed by atoms with E-state index in [1.165, 1.54) is 18.2 Å². The Morgan fingerprint density at radius 2 is 2.21 bits per heavy atom. The summed E-state index contributed by atoms with van der Waals surface area (Å²) < 4.78 is 12.9. The topological polar surface area (TPSA) is 40.5 Å². The van der Waals surface area contributed by atoms with Crippen molar-refractivity contribution in [1.29, 1.82) is 0 Å². The van der Waals surface area contributed by atoms with E-state index in [2.05, 4.69) is 6.58 Å². The molecule has 14 heavy (non-hydrogen) atoms. The molecule has 0 aliphatic rings. The molecule has 2 nitrogen and oxygen atoms in total. The highest BCUT2D eigenvalue weighted by atomic mass is 19.1. The average Bonchev–Trinajstić information content (AvgIpc) is 2.20. The van der Waals surface area contributed by atoms with Crippen molar-refractivity contribution in [2.24, 2.45) is 0 Å². The number of halogens is 1. The second-order valence-corrected chi connectivity index (χ2v) is 3.09. The number of phenolic OH excluding ortho intramolecular Hbond substituents is 1. The average molecular weight is 196 g/mol. The van der Waals surface area contributed by atoms with Crippen molar-refractivity contribution < 1.29 is 14.6 Å². The fourth-order valence-electron chi connectivity index (χ4n) is 1.18. The van der Waals surface area contributed by atoms with Gasteiger partial charge in [0.1, 0.15) is 0 Å². The first-order valence-electron chi connectivity index (χ1n) is 4.42. The highest BCUT2D eigenvalue weighted by Crippen LogP contribution is 2.22. The van der Waals surface area contributed by atoms with Crippen LogP contribution in [0.25, 0.3) is 0 Å². The monoisotopic (exact) mass is 196 g/mol. The van der Waals surface area contributed by atoms with E-state index in [9.17, 15) is 14.6 Å². The summed E-state index contributed by atoms with van der Waals surface area (Å²) in [7, 11) is 0. The fourth-order valence-corrected chi connectivity index (χ4v) is 1.18. The molecule has 0 saturated heterocycles. The zero-order chi connectivity index (χ0) is 10.6. The van der Waals surface area contributed by atoms with Crippen molar-refractivity contribution in [2.45, 2.75) is 18.9 Å². The number of hydrogen-bond acceptors (Lipinski definition) is 2. The Morgan fingerprint density at radius 3 is 2.86 bits per heavy atom. The molecule has 0 spiro atoms. The highest BCUT2D eigenvalue weighted by molar-refractivity contribution is 5.33. The lowest BCUT2D eigenvalue weighted by atomic mass is 10.1. The minimum absolute atomic E-state index is 0.330. The molecule has 1 aromatic rings. The first-order chi connectivity index (χ1) is 6.65. The Kier molecular flexibility index (Phi) is 3.65. The second kappa shape index (κ2) is 4.77. The van der Waals surface area contributed by atoms with Crippen molar-refractivity contribution in [1.82, 2.24) is 0 Å². The number of aryl methyl sites for hydroxylation is 1. The quantitative estimate of drug-likeness (QED) is 0.723. The molecule has 0 aliphatic heterocycles. The van der Waals surface area contributed by atoms with Gasteiger partial charge in [0.05, 0.1) is 6.10 Å². The number of aliphatic hydroxyl groups is 1. The number of para-hydroxylation sites is 1. The molecule has 0 heterocycles. The van der Waals surface area contributed by atoms with Gasteiger partial charge in [-0.1, -0.05) is 18.2 Å². The summed E-state index contributed by atoms with van der Waals surface area (Å²) in [6.07, 6.45) is 1.66. The van der Waals surface area contributed by atoms with Crippen LogP contribution in [0.2, 0.25) is 0 Å². The minimum atomic E-state index is -0.629. The number of benzene rings is 1. The number of aliphatic hydroxyl groups excluding tert-OH is 1. The molecule has 0 radical (unpaired) electrons. The standard InChI is InChI=1S/C11H13FO2/c1-2-9(13)7-6-8-4-3-5-10(12)11(8)14/h2-5,9,13-14H,1,6-7H2. The van der Waals surface area contributed by atoms with E-state index in [-0.39, 0.29) is 5.75 Å². The smallest absolute Gasteiger partial charge is 0.165 e. The Morgan fingerprint density at radius 1 is 1.50 bits per heavy atom. The van der Waals surface area contributed by atoms with Crippen LogP contribution < -0.4 is 0 Å². The maximum atomic E-state index is 12.9. The molecule has 1 rings (SSSR count). The minimum Gasteiger partial charge on any atom is -0.505 e. The van der Waals surface area contributed by atoms with Gasteiger partial charge in [0.25, 0.3) is 0 Å². The van der Waals surface area contributed by atoms with E-state index in [4.69, 9.17) is 0 Å². The van der Waals surface area contributed by atoms with E-state index >= 15 is 0 Å². The maximum Gasteiger partial charge on any atom is 0.165 e. The van der Waals surface area contributed by atoms with Gasteiger partial charge in [0, 0.05) is 0 Å². The Hall–Kier alpha value is -1.35. The van der Waals surface area contributed by atoms with E-state index < -0.39 is 11.9 Å². The molecule has 0 aromatic heterocycles. The Balaban J connectivity index is 2.67. The lowest BCUT2D eigenvalue weighted by molar-refractivity contribution is 0.213. The molecule has 0 saturated carbocycles. The first-order valence-corrected chi connectivity index (χ1v) is 4.42. The molecule has 3 heteroatoms. The molecule has 0 fully saturated rings. The normalized spacial score (nSPS) is 12.4. The summed E-state index contributed by atoms with van der Waals surface area (Å²) in [5.74, 6) is -0.959. The fraction of sp³-hybridized carbons (Fsp3) is 0.273. The van der Waals surface area contributed by atoms with Crippen molar-refractivity contribution >= 4 is 0 Å². The van der Waals surface area contributed by atoms with Crippen LogP contribution in [-0.2, 0) is 6.42 Å². The number of hydrogen-bond donors (Lipinski definition) is 2. The summed E-state index contributed by atoms with van der Waals surface area (Å²) >= 11 is 0. The van der Waals surface area contributed by atoms with Crippen molar-refractivity contribution in [3.63, 3.8) is 0 Å². The van der Waals surface area contributed by atoms with Crippen LogP contribution in [0.5, 0.6) is 5.75 Å². The van der Waals surface area contributed by atoms with Gasteiger partial charge in [-0.15, -0.1) is 6.58 Å². The van der Waals surface area contributed by atoms with E-state index in [1.54, 1.807) is 6.07 Å². The van der Waals surface area contributed by atoms with Gasteiger partial charge in [-0.2, -0.15) is 0 Å². The van der Waals surface area contributed by atoms with Crippen LogP contribution >= 0.6 is 0 Å². The molecule has 1 aromatic carbocycles. The second-order valence-electron chi connectivity index (χ2n) is 3.09. The van der Waals surface area contributed by atoms with Crippen LogP contribution in [0.1, 0.15) is 12.0 Å². The molecule has 0 aliphatic carbocycles. The summed E-state index contributed by atoms with van der Waals surface area (Å²) in [6.45, 7) is 3.43. The van der Waals surface area contributed by atoms with Gasteiger partial charge < -0.3 is 10.2 Å². The van der Waals surface area contributed by atoms with Crippen LogP contribution in [0.3, 0.4) is 0 Å². The summed E-state index contributed by atoms with van der Waals surface area (Å²) in [6, 6.07) is 4.36. The van der Waals surface area contributed by atoms with E-state index in [0.717, 1.165) is 0 Å². The zero-order valence-electron chi connectivity index (χ0n) is 7.78. The number of rotatable bonds is 4. The third-order valence-corrected chi connectivity index (χ3v) is 2.05. The first kappa shape index (κ1) is 10.7. The lowest BCUT2D eigenvalue weighted by Crippen LogP contribution is -2.03. The number of phenols is 1. The van der Waals surface area contributed by atoms with Crippen molar-refractivity contribution in [3.05, 3.63) is 42.2 Å². The largest absolute Gasteiger partial charge is 0.505 e. The van der Waals surface area contributed by atoms with Gasteiger partial charge in [-0.3, -0.25) is 0 Å². The summed E-state index contributed by atoms with van der Waals surface area (Å²) in [5, 5.41) is 18.5.